The van der Waals surface area contributed by atoms with Crippen molar-refractivity contribution >= 4 is 31.8 Å². The van der Waals surface area contributed by atoms with E-state index in [0.717, 1.165) is 12.0 Å². The molecule has 0 radical (unpaired) electrons. The minimum atomic E-state index is -3.67. The second kappa shape index (κ2) is 7.01. The zero-order valence-electron chi connectivity index (χ0n) is 11.4. The van der Waals surface area contributed by atoms with Crippen LogP contribution in [0.3, 0.4) is 0 Å². The third-order valence-electron chi connectivity index (χ3n) is 2.67. The number of rotatable bonds is 7. The Hall–Kier alpha value is -1.45. The van der Waals surface area contributed by atoms with Crippen molar-refractivity contribution < 1.29 is 8.42 Å². The van der Waals surface area contributed by atoms with Crippen molar-refractivity contribution in [2.45, 2.75) is 24.8 Å². The number of nitrogens with zero attached hydrogens (tertiary/aromatic N) is 2. The van der Waals surface area contributed by atoms with Gasteiger partial charge in [-0.3, -0.25) is 5.10 Å². The molecule has 0 saturated heterocycles. The Bertz CT molecular complexity index is 688. The molecule has 21 heavy (non-hydrogen) atoms. The molecule has 0 fully saturated rings. The van der Waals surface area contributed by atoms with E-state index < -0.39 is 10.0 Å². The smallest absolute Gasteiger partial charge is 0.244 e. The summed E-state index contributed by atoms with van der Waals surface area (Å²) in [5.41, 5.74) is 0.754. The van der Waals surface area contributed by atoms with E-state index in [1.165, 1.54) is 6.07 Å². The maximum absolute atomic E-state index is 12.4. The summed E-state index contributed by atoms with van der Waals surface area (Å²) in [4.78, 5) is 4.25. The van der Waals surface area contributed by atoms with Crippen LogP contribution in [0.2, 0.25) is 0 Å². The molecule has 0 aliphatic rings. The lowest BCUT2D eigenvalue weighted by Gasteiger charge is -2.12. The third-order valence-corrected chi connectivity index (χ3v) is 4.52. The van der Waals surface area contributed by atoms with Crippen molar-refractivity contribution in [2.75, 3.05) is 11.9 Å². The zero-order chi connectivity index (χ0) is 15.3. The molecular weight excluding hydrogens is 358 g/mol. The Balaban J connectivity index is 2.23. The molecule has 0 amide bonds. The molecule has 7 nitrogen and oxygen atoms in total. The summed E-state index contributed by atoms with van der Waals surface area (Å²) >= 11 is 3.25. The van der Waals surface area contributed by atoms with Crippen LogP contribution in [0, 0.1) is 0 Å². The molecular formula is C12H16BrN5O2S. The van der Waals surface area contributed by atoms with Gasteiger partial charge in [0.2, 0.25) is 10.0 Å². The molecule has 2 aromatic heterocycles. The molecule has 9 heteroatoms. The summed E-state index contributed by atoms with van der Waals surface area (Å²) in [5, 5.41) is 9.43. The third kappa shape index (κ3) is 4.26. The number of nitrogens with one attached hydrogen (secondary N) is 3. The maximum atomic E-state index is 12.4. The minimum absolute atomic E-state index is 0.119. The minimum Gasteiger partial charge on any atom is -0.369 e. The van der Waals surface area contributed by atoms with E-state index in [1.807, 2.05) is 6.92 Å². The molecule has 0 atom stereocenters. The Morgan fingerprint density at radius 1 is 1.38 bits per heavy atom. The molecule has 0 saturated carbocycles. The van der Waals surface area contributed by atoms with Gasteiger partial charge in [-0.05, 0) is 28.4 Å². The molecule has 0 bridgehead atoms. The van der Waals surface area contributed by atoms with E-state index in [9.17, 15) is 8.42 Å². The average molecular weight is 374 g/mol. The summed E-state index contributed by atoms with van der Waals surface area (Å²) in [6.45, 7) is 2.81. The summed E-state index contributed by atoms with van der Waals surface area (Å²) in [7, 11) is -3.67. The van der Waals surface area contributed by atoms with Gasteiger partial charge < -0.3 is 5.32 Å². The number of sulfonamides is 1. The number of anilines is 1. The van der Waals surface area contributed by atoms with E-state index in [1.54, 1.807) is 18.6 Å². The van der Waals surface area contributed by atoms with E-state index in [-0.39, 0.29) is 11.4 Å². The number of hydrogen-bond donors (Lipinski definition) is 3. The number of aromatic nitrogens is 3. The fourth-order valence-electron chi connectivity index (χ4n) is 1.63. The predicted molar refractivity (Wildman–Crippen MR) is 83.3 cm³/mol. The normalized spacial score (nSPS) is 11.5. The van der Waals surface area contributed by atoms with Crippen LogP contribution in [0.5, 0.6) is 0 Å². The first kappa shape index (κ1) is 15.9. The Morgan fingerprint density at radius 3 is 2.86 bits per heavy atom. The summed E-state index contributed by atoms with van der Waals surface area (Å²) in [5.74, 6) is 0.347. The van der Waals surface area contributed by atoms with E-state index in [2.05, 4.69) is 41.2 Å². The Kier molecular flexibility index (Phi) is 5.32. The maximum Gasteiger partial charge on any atom is 0.244 e. The number of H-pyrrole nitrogens is 1. The standard InChI is InChI=1S/C12H16BrN5O2S/c1-2-3-14-12-11(4-10(13)8-15-12)21(19,20)18-7-9-5-16-17-6-9/h4-6,8,18H,2-3,7H2,1H3,(H,14,15)(H,16,17). The summed E-state index contributed by atoms with van der Waals surface area (Å²) in [6, 6.07) is 1.53. The van der Waals surface area contributed by atoms with Gasteiger partial charge in [-0.15, -0.1) is 0 Å². The van der Waals surface area contributed by atoms with Crippen LogP contribution in [0.15, 0.2) is 34.0 Å². The fraction of sp³-hybridized carbons (Fsp3) is 0.333. The van der Waals surface area contributed by atoms with Gasteiger partial charge in [0.15, 0.2) is 0 Å². The number of hydrogen-bond acceptors (Lipinski definition) is 5. The SMILES string of the molecule is CCCNc1ncc(Br)cc1S(=O)(=O)NCc1cn[nH]c1. The molecule has 0 unspecified atom stereocenters. The molecule has 0 aliphatic carbocycles. The highest BCUT2D eigenvalue weighted by atomic mass is 79.9. The van der Waals surface area contributed by atoms with E-state index in [0.29, 0.717) is 16.8 Å². The van der Waals surface area contributed by atoms with Gasteiger partial charge in [0.1, 0.15) is 10.7 Å². The highest BCUT2D eigenvalue weighted by Crippen LogP contribution is 2.23. The van der Waals surface area contributed by atoms with Gasteiger partial charge in [-0.25, -0.2) is 18.1 Å². The second-order valence-corrected chi connectivity index (χ2v) is 7.01. The van der Waals surface area contributed by atoms with Crippen LogP contribution in [0.4, 0.5) is 5.82 Å². The molecule has 2 aromatic rings. The van der Waals surface area contributed by atoms with E-state index >= 15 is 0 Å². The monoisotopic (exact) mass is 373 g/mol. The van der Waals surface area contributed by atoms with Gasteiger partial charge in [0.05, 0.1) is 6.20 Å². The Labute approximate surface area is 131 Å². The lowest BCUT2D eigenvalue weighted by atomic mass is 10.4. The molecule has 0 aromatic carbocycles. The molecule has 2 rings (SSSR count). The van der Waals surface area contributed by atoms with Gasteiger partial charge in [0, 0.05) is 35.5 Å². The Morgan fingerprint density at radius 2 is 2.19 bits per heavy atom. The molecule has 114 valence electrons. The fourth-order valence-corrected chi connectivity index (χ4v) is 3.29. The predicted octanol–water partition coefficient (Wildman–Crippen LogP) is 1.87. The van der Waals surface area contributed by atoms with Crippen LogP contribution in [0.25, 0.3) is 0 Å². The first-order valence-electron chi connectivity index (χ1n) is 6.39. The van der Waals surface area contributed by atoms with Crippen molar-refractivity contribution in [1.82, 2.24) is 19.9 Å². The summed E-state index contributed by atoms with van der Waals surface area (Å²) < 4.78 is 28.0. The zero-order valence-corrected chi connectivity index (χ0v) is 13.8. The van der Waals surface area contributed by atoms with Crippen molar-refractivity contribution in [3.05, 3.63) is 34.7 Å². The summed E-state index contributed by atoms with van der Waals surface area (Å²) in [6.07, 6.45) is 5.64. The van der Waals surface area contributed by atoms with Gasteiger partial charge >= 0.3 is 0 Å². The number of pyridine rings is 1. The van der Waals surface area contributed by atoms with Crippen LogP contribution < -0.4 is 10.0 Å². The van der Waals surface area contributed by atoms with E-state index in [4.69, 9.17) is 0 Å². The number of aromatic amines is 1. The van der Waals surface area contributed by atoms with Gasteiger partial charge in [-0.2, -0.15) is 5.10 Å². The van der Waals surface area contributed by atoms with Crippen LogP contribution in [0.1, 0.15) is 18.9 Å². The highest BCUT2D eigenvalue weighted by Gasteiger charge is 2.20. The van der Waals surface area contributed by atoms with Crippen LogP contribution in [-0.4, -0.2) is 30.1 Å². The lowest BCUT2D eigenvalue weighted by molar-refractivity contribution is 0.581. The van der Waals surface area contributed by atoms with Crippen molar-refractivity contribution in [2.24, 2.45) is 0 Å². The van der Waals surface area contributed by atoms with Crippen LogP contribution in [-0.2, 0) is 16.6 Å². The van der Waals surface area contributed by atoms with Gasteiger partial charge in [-0.1, -0.05) is 6.92 Å². The molecule has 0 aliphatic heterocycles. The quantitative estimate of drug-likeness (QED) is 0.687. The molecule has 2 heterocycles. The first-order chi connectivity index (χ1) is 10.0. The average Bonchev–Trinajstić information content (AvgIpc) is 2.97. The lowest BCUT2D eigenvalue weighted by Crippen LogP contribution is -2.24. The van der Waals surface area contributed by atoms with Crippen LogP contribution >= 0.6 is 15.9 Å². The molecule has 3 N–H and O–H groups in total. The van der Waals surface area contributed by atoms with Crippen molar-refractivity contribution in [3.8, 4) is 0 Å². The highest BCUT2D eigenvalue weighted by molar-refractivity contribution is 9.10. The number of halogens is 1. The topological polar surface area (TPSA) is 99.8 Å². The largest absolute Gasteiger partial charge is 0.369 e. The van der Waals surface area contributed by atoms with Crippen molar-refractivity contribution in [3.63, 3.8) is 0 Å². The second-order valence-electron chi connectivity index (χ2n) is 4.36. The molecule has 0 spiro atoms. The van der Waals surface area contributed by atoms with Gasteiger partial charge in [0.25, 0.3) is 0 Å². The first-order valence-corrected chi connectivity index (χ1v) is 8.67. The van der Waals surface area contributed by atoms with Crippen molar-refractivity contribution in [1.29, 1.82) is 0 Å².